The largest absolute Gasteiger partial charge is 0.339 e. The maximum Gasteiger partial charge on any atom is 0.256 e. The molecule has 2 heterocycles. The van der Waals surface area contributed by atoms with Crippen LogP contribution in [0.25, 0.3) is 11.4 Å². The maximum absolute atomic E-state index is 12.7. The number of hydrogen-bond donors (Lipinski definition) is 1. The fraction of sp³-hybridized carbons (Fsp3) is 0.476. The van der Waals surface area contributed by atoms with E-state index >= 15 is 0 Å². The third kappa shape index (κ3) is 4.28. The molecule has 1 N–H and O–H groups in total. The maximum atomic E-state index is 12.7. The van der Waals surface area contributed by atoms with Gasteiger partial charge < -0.3 is 10.2 Å². The van der Waals surface area contributed by atoms with Crippen molar-refractivity contribution in [1.82, 2.24) is 20.2 Å². The molecule has 1 atom stereocenters. The Morgan fingerprint density at radius 1 is 1.12 bits per heavy atom. The van der Waals surface area contributed by atoms with E-state index in [4.69, 9.17) is 0 Å². The highest BCUT2D eigenvalue weighted by molar-refractivity contribution is 5.93. The van der Waals surface area contributed by atoms with Gasteiger partial charge in [-0.3, -0.25) is 4.79 Å². The average molecular weight is 352 g/mol. The fourth-order valence-corrected chi connectivity index (χ4v) is 3.36. The number of aromatic nitrogens is 2. The first-order valence-corrected chi connectivity index (χ1v) is 9.46. The number of carbonyl (C=O) groups is 1. The van der Waals surface area contributed by atoms with E-state index in [-0.39, 0.29) is 11.9 Å². The summed E-state index contributed by atoms with van der Waals surface area (Å²) in [5, 5.41) is 3.38. The minimum absolute atomic E-state index is 0.00129. The number of benzene rings is 1. The summed E-state index contributed by atoms with van der Waals surface area (Å²) in [4.78, 5) is 23.4. The quantitative estimate of drug-likeness (QED) is 0.915. The molecule has 2 aromatic rings. The lowest BCUT2D eigenvalue weighted by molar-refractivity contribution is 0.0719. The first-order valence-electron chi connectivity index (χ1n) is 9.46. The number of carbonyl (C=O) groups excluding carboxylic acids is 1. The molecule has 0 saturated carbocycles. The van der Waals surface area contributed by atoms with E-state index in [1.807, 2.05) is 24.1 Å². The molecule has 26 heavy (non-hydrogen) atoms. The van der Waals surface area contributed by atoms with Crippen LogP contribution in [0.3, 0.4) is 0 Å². The van der Waals surface area contributed by atoms with E-state index in [9.17, 15) is 4.79 Å². The first kappa shape index (κ1) is 18.5. The molecule has 1 saturated heterocycles. The summed E-state index contributed by atoms with van der Waals surface area (Å²) < 4.78 is 0. The Kier molecular flexibility index (Phi) is 5.99. The van der Waals surface area contributed by atoms with Crippen molar-refractivity contribution < 1.29 is 4.79 Å². The Balaban J connectivity index is 1.71. The molecular formula is C21H28N4O. The predicted molar refractivity (Wildman–Crippen MR) is 104 cm³/mol. The van der Waals surface area contributed by atoms with Gasteiger partial charge in [-0.05, 0) is 43.8 Å². The van der Waals surface area contributed by atoms with Crippen molar-refractivity contribution >= 4 is 5.91 Å². The molecule has 0 bridgehead atoms. The second-order valence-corrected chi connectivity index (χ2v) is 7.32. The second kappa shape index (κ2) is 8.41. The van der Waals surface area contributed by atoms with Crippen LogP contribution in [-0.2, 0) is 0 Å². The van der Waals surface area contributed by atoms with Gasteiger partial charge in [0.2, 0.25) is 0 Å². The molecule has 3 rings (SSSR count). The zero-order valence-electron chi connectivity index (χ0n) is 15.9. The normalized spacial score (nSPS) is 17.8. The minimum atomic E-state index is -0.00129. The molecule has 0 aliphatic carbocycles. The van der Waals surface area contributed by atoms with E-state index < -0.39 is 0 Å². The minimum Gasteiger partial charge on any atom is -0.339 e. The molecule has 1 amide bonds. The zero-order valence-corrected chi connectivity index (χ0v) is 15.9. The molecule has 0 radical (unpaired) electrons. The summed E-state index contributed by atoms with van der Waals surface area (Å²) in [7, 11) is 1.89. The highest BCUT2D eigenvalue weighted by atomic mass is 16.2. The summed E-state index contributed by atoms with van der Waals surface area (Å²) in [5.41, 5.74) is 2.81. The Labute approximate surface area is 155 Å². The molecule has 1 aromatic carbocycles. The molecule has 1 unspecified atom stereocenters. The van der Waals surface area contributed by atoms with Gasteiger partial charge >= 0.3 is 0 Å². The fourth-order valence-electron chi connectivity index (χ4n) is 3.36. The van der Waals surface area contributed by atoms with Gasteiger partial charge in [0.05, 0.1) is 5.56 Å². The molecule has 0 spiro atoms. The average Bonchev–Trinajstić information content (AvgIpc) is 2.96. The lowest BCUT2D eigenvalue weighted by Gasteiger charge is -2.26. The van der Waals surface area contributed by atoms with E-state index in [1.54, 1.807) is 12.4 Å². The van der Waals surface area contributed by atoms with Gasteiger partial charge in [0, 0.05) is 31.0 Å². The topological polar surface area (TPSA) is 58.1 Å². The monoisotopic (exact) mass is 352 g/mol. The molecule has 1 aliphatic rings. The Morgan fingerprint density at radius 2 is 1.81 bits per heavy atom. The lowest BCUT2D eigenvalue weighted by atomic mass is 10.0. The third-order valence-corrected chi connectivity index (χ3v) is 5.15. The van der Waals surface area contributed by atoms with Crippen molar-refractivity contribution in [2.24, 2.45) is 0 Å². The van der Waals surface area contributed by atoms with Crippen molar-refractivity contribution in [3.63, 3.8) is 0 Å². The van der Waals surface area contributed by atoms with Crippen molar-refractivity contribution in [3.05, 3.63) is 47.8 Å². The van der Waals surface area contributed by atoms with Crippen LogP contribution in [0.15, 0.2) is 36.7 Å². The van der Waals surface area contributed by atoms with E-state index in [0.717, 1.165) is 37.9 Å². The number of nitrogens with one attached hydrogen (secondary N) is 1. The van der Waals surface area contributed by atoms with Gasteiger partial charge in [0.15, 0.2) is 5.82 Å². The van der Waals surface area contributed by atoms with Gasteiger partial charge in [-0.1, -0.05) is 38.1 Å². The van der Waals surface area contributed by atoms with Gasteiger partial charge in [-0.15, -0.1) is 0 Å². The van der Waals surface area contributed by atoms with Crippen LogP contribution in [-0.4, -0.2) is 47.0 Å². The summed E-state index contributed by atoms with van der Waals surface area (Å²) in [6.07, 6.45) is 6.42. The van der Waals surface area contributed by atoms with Crippen LogP contribution in [0, 0.1) is 0 Å². The van der Waals surface area contributed by atoms with E-state index in [0.29, 0.717) is 17.3 Å². The first-order chi connectivity index (χ1) is 12.6. The molecule has 138 valence electrons. The third-order valence-electron chi connectivity index (χ3n) is 5.15. The number of rotatable bonds is 4. The van der Waals surface area contributed by atoms with E-state index in [1.165, 1.54) is 5.56 Å². The van der Waals surface area contributed by atoms with Crippen LogP contribution in [0.2, 0.25) is 0 Å². The zero-order chi connectivity index (χ0) is 18.5. The molecule has 5 nitrogen and oxygen atoms in total. The molecule has 1 fully saturated rings. The number of nitrogens with zero attached hydrogens (tertiary/aromatic N) is 3. The standard InChI is InChI=1S/C21H28N4O/c1-15(2)16-6-8-17(9-7-16)20-23-13-18(14-24-20)21(26)25(3)19-5-4-11-22-12-10-19/h6-9,13-15,19,22H,4-5,10-12H2,1-3H3. The summed E-state index contributed by atoms with van der Waals surface area (Å²) in [5.74, 6) is 1.15. The smallest absolute Gasteiger partial charge is 0.256 e. The highest BCUT2D eigenvalue weighted by Crippen LogP contribution is 2.20. The van der Waals surface area contributed by atoms with Crippen LogP contribution in [0.1, 0.15) is 54.9 Å². The Bertz CT molecular complexity index is 717. The van der Waals surface area contributed by atoms with Crippen molar-refractivity contribution in [2.45, 2.75) is 45.1 Å². The van der Waals surface area contributed by atoms with Gasteiger partial charge in [0.1, 0.15) is 0 Å². The Hall–Kier alpha value is -2.27. The molecular weight excluding hydrogens is 324 g/mol. The van der Waals surface area contributed by atoms with Crippen LogP contribution >= 0.6 is 0 Å². The summed E-state index contributed by atoms with van der Waals surface area (Å²) in [6, 6.07) is 8.57. The van der Waals surface area contributed by atoms with Crippen LogP contribution in [0.4, 0.5) is 0 Å². The number of hydrogen-bond acceptors (Lipinski definition) is 4. The van der Waals surface area contributed by atoms with Crippen molar-refractivity contribution in [3.8, 4) is 11.4 Å². The van der Waals surface area contributed by atoms with Gasteiger partial charge in [-0.2, -0.15) is 0 Å². The van der Waals surface area contributed by atoms with Gasteiger partial charge in [-0.25, -0.2) is 9.97 Å². The second-order valence-electron chi connectivity index (χ2n) is 7.32. The summed E-state index contributed by atoms with van der Waals surface area (Å²) in [6.45, 7) is 6.34. The molecule has 5 heteroatoms. The highest BCUT2D eigenvalue weighted by Gasteiger charge is 2.22. The SMILES string of the molecule is CC(C)c1ccc(-c2ncc(C(=O)N(C)C3CCCNCC3)cn2)cc1. The molecule has 1 aliphatic heterocycles. The van der Waals surface area contributed by atoms with Gasteiger partial charge in [0.25, 0.3) is 5.91 Å². The summed E-state index contributed by atoms with van der Waals surface area (Å²) >= 11 is 0. The van der Waals surface area contributed by atoms with Crippen molar-refractivity contribution in [2.75, 3.05) is 20.1 Å². The lowest BCUT2D eigenvalue weighted by Crippen LogP contribution is -2.37. The van der Waals surface area contributed by atoms with E-state index in [2.05, 4.69) is 41.3 Å². The Morgan fingerprint density at radius 3 is 2.46 bits per heavy atom. The predicted octanol–water partition coefficient (Wildman–Crippen LogP) is 3.48. The molecule has 1 aromatic heterocycles. The number of amides is 1. The van der Waals surface area contributed by atoms with Crippen LogP contribution < -0.4 is 5.32 Å². The van der Waals surface area contributed by atoms with Crippen molar-refractivity contribution in [1.29, 1.82) is 0 Å². The van der Waals surface area contributed by atoms with Crippen LogP contribution in [0.5, 0.6) is 0 Å².